The summed E-state index contributed by atoms with van der Waals surface area (Å²) in [6.45, 7) is 3.22. The van der Waals surface area contributed by atoms with Crippen molar-refractivity contribution in [1.82, 2.24) is 0 Å². The summed E-state index contributed by atoms with van der Waals surface area (Å²) in [7, 11) is -7.90. The third-order valence-electron chi connectivity index (χ3n) is 5.73. The number of nitrogens with zero attached hydrogens (tertiary/aromatic N) is 1. The Balaban J connectivity index is 1.52. The van der Waals surface area contributed by atoms with E-state index in [0.717, 1.165) is 19.9 Å². The Bertz CT molecular complexity index is 1690. The van der Waals surface area contributed by atoms with Gasteiger partial charge in [-0.2, -0.15) is 0 Å². The fourth-order valence-electron chi connectivity index (χ4n) is 3.73. The minimum Gasteiger partial charge on any atom is -0.325 e. The zero-order valence-electron chi connectivity index (χ0n) is 21.1. The number of rotatable bonds is 9. The van der Waals surface area contributed by atoms with Gasteiger partial charge in [0.1, 0.15) is 6.54 Å². The standard InChI is InChI=1S/C28H26BrN3O5S2/c1-20-6-14-27(15-7-20)39(36,37)32(25-12-8-22(29)9-13-25)19-28(33)30-23-10-16-26(17-11-23)38(34,35)31-24-5-3-4-21(2)18-24/h3-18,31H,19H2,1-2H3,(H,30,33). The molecule has 202 valence electrons. The van der Waals surface area contributed by atoms with E-state index in [2.05, 4.69) is 26.0 Å². The summed E-state index contributed by atoms with van der Waals surface area (Å²) in [5.41, 5.74) is 2.89. The van der Waals surface area contributed by atoms with Crippen molar-refractivity contribution in [3.8, 4) is 0 Å². The smallest absolute Gasteiger partial charge is 0.264 e. The van der Waals surface area contributed by atoms with Crippen molar-refractivity contribution >= 4 is 58.9 Å². The second kappa shape index (κ2) is 11.6. The van der Waals surface area contributed by atoms with Crippen LogP contribution in [0.1, 0.15) is 11.1 Å². The van der Waals surface area contributed by atoms with Crippen LogP contribution in [0.4, 0.5) is 17.1 Å². The van der Waals surface area contributed by atoms with Gasteiger partial charge in [-0.05, 0) is 92.2 Å². The highest BCUT2D eigenvalue weighted by Gasteiger charge is 2.27. The van der Waals surface area contributed by atoms with E-state index >= 15 is 0 Å². The highest BCUT2D eigenvalue weighted by atomic mass is 79.9. The summed E-state index contributed by atoms with van der Waals surface area (Å²) in [6.07, 6.45) is 0. The molecule has 2 N–H and O–H groups in total. The van der Waals surface area contributed by atoms with Crippen molar-refractivity contribution in [2.24, 2.45) is 0 Å². The first kappa shape index (κ1) is 28.3. The Morgan fingerprint density at radius 2 is 1.36 bits per heavy atom. The van der Waals surface area contributed by atoms with Gasteiger partial charge in [-0.1, -0.05) is 45.8 Å². The summed E-state index contributed by atoms with van der Waals surface area (Å²) in [5.74, 6) is -0.595. The third kappa shape index (κ3) is 7.05. The van der Waals surface area contributed by atoms with Gasteiger partial charge in [-0.25, -0.2) is 16.8 Å². The molecule has 0 fully saturated rings. The number of aryl methyl sites for hydroxylation is 2. The second-order valence-electron chi connectivity index (χ2n) is 8.85. The van der Waals surface area contributed by atoms with Crippen LogP contribution in [-0.2, 0) is 24.8 Å². The summed E-state index contributed by atoms with van der Waals surface area (Å²) in [6, 6.07) is 25.6. The molecule has 4 rings (SSSR count). The molecule has 4 aromatic rings. The number of halogens is 1. The molecular formula is C28H26BrN3O5S2. The molecule has 0 aromatic heterocycles. The van der Waals surface area contributed by atoms with Crippen molar-refractivity contribution < 1.29 is 21.6 Å². The highest BCUT2D eigenvalue weighted by Crippen LogP contribution is 2.26. The molecule has 0 atom stereocenters. The third-order valence-corrected chi connectivity index (χ3v) is 9.44. The molecule has 1 amide bonds. The van der Waals surface area contributed by atoms with Crippen LogP contribution in [0.5, 0.6) is 0 Å². The molecule has 0 saturated carbocycles. The SMILES string of the molecule is Cc1ccc(S(=O)(=O)N(CC(=O)Nc2ccc(S(=O)(=O)Nc3cccc(C)c3)cc2)c2ccc(Br)cc2)cc1. The van der Waals surface area contributed by atoms with E-state index in [4.69, 9.17) is 0 Å². The second-order valence-corrected chi connectivity index (χ2v) is 13.3. The molecule has 0 spiro atoms. The lowest BCUT2D eigenvalue weighted by Gasteiger charge is -2.24. The van der Waals surface area contributed by atoms with Crippen LogP contribution in [0.25, 0.3) is 0 Å². The first-order valence-corrected chi connectivity index (χ1v) is 15.5. The number of sulfonamides is 2. The fraction of sp³-hybridized carbons (Fsp3) is 0.107. The number of hydrogen-bond donors (Lipinski definition) is 2. The molecule has 11 heteroatoms. The average Bonchev–Trinajstić information content (AvgIpc) is 2.88. The Morgan fingerprint density at radius 1 is 0.744 bits per heavy atom. The van der Waals surface area contributed by atoms with E-state index in [9.17, 15) is 21.6 Å². The van der Waals surface area contributed by atoms with Gasteiger partial charge in [0.25, 0.3) is 20.0 Å². The summed E-state index contributed by atoms with van der Waals surface area (Å²) >= 11 is 3.34. The van der Waals surface area contributed by atoms with Crippen LogP contribution < -0.4 is 14.3 Å². The number of benzene rings is 4. The van der Waals surface area contributed by atoms with Gasteiger partial charge < -0.3 is 5.32 Å². The topological polar surface area (TPSA) is 113 Å². The molecule has 0 aliphatic heterocycles. The molecule has 0 unspecified atom stereocenters. The number of hydrogen-bond acceptors (Lipinski definition) is 5. The Labute approximate surface area is 236 Å². The van der Waals surface area contributed by atoms with Crippen LogP contribution in [-0.4, -0.2) is 29.3 Å². The lowest BCUT2D eigenvalue weighted by molar-refractivity contribution is -0.114. The lowest BCUT2D eigenvalue weighted by Crippen LogP contribution is -2.38. The summed E-state index contributed by atoms with van der Waals surface area (Å²) in [5, 5.41) is 2.65. The van der Waals surface area contributed by atoms with Gasteiger partial charge >= 0.3 is 0 Å². The van der Waals surface area contributed by atoms with Crippen molar-refractivity contribution in [3.63, 3.8) is 0 Å². The molecule has 0 bridgehead atoms. The van der Waals surface area contributed by atoms with Gasteiger partial charge in [0.2, 0.25) is 5.91 Å². The van der Waals surface area contributed by atoms with E-state index in [-0.39, 0.29) is 9.79 Å². The number of carbonyl (C=O) groups excluding carboxylic acids is 1. The Morgan fingerprint density at radius 3 is 1.97 bits per heavy atom. The Hall–Kier alpha value is -3.67. The molecule has 0 heterocycles. The van der Waals surface area contributed by atoms with Gasteiger partial charge in [0.05, 0.1) is 15.5 Å². The van der Waals surface area contributed by atoms with Crippen LogP contribution in [0.2, 0.25) is 0 Å². The minimum atomic E-state index is -4.06. The summed E-state index contributed by atoms with van der Waals surface area (Å²) in [4.78, 5) is 13.1. The van der Waals surface area contributed by atoms with E-state index in [0.29, 0.717) is 17.1 Å². The molecule has 4 aromatic carbocycles. The van der Waals surface area contributed by atoms with Gasteiger partial charge in [0, 0.05) is 15.8 Å². The van der Waals surface area contributed by atoms with Crippen LogP contribution in [0, 0.1) is 13.8 Å². The predicted molar refractivity (Wildman–Crippen MR) is 157 cm³/mol. The Kier molecular flexibility index (Phi) is 8.43. The molecule has 39 heavy (non-hydrogen) atoms. The number of amides is 1. The largest absolute Gasteiger partial charge is 0.325 e. The molecule has 0 aliphatic rings. The zero-order chi connectivity index (χ0) is 28.2. The number of carbonyl (C=O) groups is 1. The maximum atomic E-state index is 13.5. The van der Waals surface area contributed by atoms with Crippen molar-refractivity contribution in [2.45, 2.75) is 23.6 Å². The normalized spacial score (nSPS) is 11.6. The van der Waals surface area contributed by atoms with Crippen LogP contribution in [0.15, 0.2) is 111 Å². The quantitative estimate of drug-likeness (QED) is 0.247. The summed E-state index contributed by atoms with van der Waals surface area (Å²) < 4.78 is 56.9. The van der Waals surface area contributed by atoms with Crippen molar-refractivity contribution in [3.05, 3.63) is 113 Å². The number of anilines is 3. The van der Waals surface area contributed by atoms with Gasteiger partial charge in [-0.15, -0.1) is 0 Å². The minimum absolute atomic E-state index is 0.0143. The van der Waals surface area contributed by atoms with E-state index in [1.54, 1.807) is 54.6 Å². The molecule has 8 nitrogen and oxygen atoms in total. The van der Waals surface area contributed by atoms with E-state index in [1.165, 1.54) is 36.4 Å². The maximum absolute atomic E-state index is 13.5. The number of nitrogens with one attached hydrogen (secondary N) is 2. The van der Waals surface area contributed by atoms with Crippen LogP contribution in [0.3, 0.4) is 0 Å². The first-order chi connectivity index (χ1) is 18.4. The average molecular weight is 629 g/mol. The van der Waals surface area contributed by atoms with Crippen molar-refractivity contribution in [2.75, 3.05) is 20.9 Å². The maximum Gasteiger partial charge on any atom is 0.264 e. The molecule has 0 aliphatic carbocycles. The first-order valence-electron chi connectivity index (χ1n) is 11.8. The van der Waals surface area contributed by atoms with E-state index < -0.39 is 32.5 Å². The molecular weight excluding hydrogens is 602 g/mol. The lowest BCUT2D eigenvalue weighted by atomic mass is 10.2. The van der Waals surface area contributed by atoms with Gasteiger partial charge in [-0.3, -0.25) is 13.8 Å². The van der Waals surface area contributed by atoms with E-state index in [1.807, 2.05) is 19.9 Å². The molecule has 0 radical (unpaired) electrons. The zero-order valence-corrected chi connectivity index (χ0v) is 24.3. The van der Waals surface area contributed by atoms with Crippen LogP contribution >= 0.6 is 15.9 Å². The highest BCUT2D eigenvalue weighted by molar-refractivity contribution is 9.10. The van der Waals surface area contributed by atoms with Crippen molar-refractivity contribution in [1.29, 1.82) is 0 Å². The molecule has 0 saturated heterocycles. The fourth-order valence-corrected chi connectivity index (χ4v) is 6.47. The monoisotopic (exact) mass is 627 g/mol. The predicted octanol–water partition coefficient (Wildman–Crippen LogP) is 5.70. The van der Waals surface area contributed by atoms with Gasteiger partial charge in [0.15, 0.2) is 0 Å².